The summed E-state index contributed by atoms with van der Waals surface area (Å²) in [5, 5.41) is 12.0. The summed E-state index contributed by atoms with van der Waals surface area (Å²) in [6.45, 7) is 0. The van der Waals surface area contributed by atoms with Crippen molar-refractivity contribution in [3.8, 4) is 11.5 Å². The molecule has 0 bridgehead atoms. The zero-order valence-electron chi connectivity index (χ0n) is 13.6. The van der Waals surface area contributed by atoms with Gasteiger partial charge in [-0.15, -0.1) is 0 Å². The second-order valence-electron chi connectivity index (χ2n) is 5.58. The van der Waals surface area contributed by atoms with Gasteiger partial charge in [0.1, 0.15) is 11.5 Å². The first-order valence-corrected chi connectivity index (χ1v) is 8.16. The number of methoxy groups -OCH3 is 1. The second kappa shape index (κ2) is 7.45. The van der Waals surface area contributed by atoms with Crippen LogP contribution in [0, 0.1) is 0 Å². The third-order valence-electron chi connectivity index (χ3n) is 3.94. The first-order chi connectivity index (χ1) is 12.1. The summed E-state index contributed by atoms with van der Waals surface area (Å²) in [4.78, 5) is 11.7. The number of fused-ring (bicyclic) bond motifs is 1. The number of aliphatic carboxylic acids is 1. The number of carboxylic acids is 1. The second-order valence-corrected chi connectivity index (χ2v) is 6.02. The van der Waals surface area contributed by atoms with Gasteiger partial charge in [0.15, 0.2) is 6.10 Å². The fourth-order valence-electron chi connectivity index (χ4n) is 2.74. The quantitative estimate of drug-likeness (QED) is 0.702. The zero-order chi connectivity index (χ0) is 17.8. The molecule has 0 radical (unpaired) electrons. The van der Waals surface area contributed by atoms with Crippen molar-refractivity contribution >= 4 is 28.3 Å². The van der Waals surface area contributed by atoms with Crippen LogP contribution in [-0.4, -0.2) is 24.3 Å². The van der Waals surface area contributed by atoms with Gasteiger partial charge in [0.05, 0.1) is 7.11 Å². The maximum Gasteiger partial charge on any atom is 0.345 e. The van der Waals surface area contributed by atoms with E-state index < -0.39 is 12.1 Å². The summed E-state index contributed by atoms with van der Waals surface area (Å²) >= 11 is 6.03. The van der Waals surface area contributed by atoms with E-state index in [2.05, 4.69) is 0 Å². The predicted molar refractivity (Wildman–Crippen MR) is 97.7 cm³/mol. The van der Waals surface area contributed by atoms with Crippen molar-refractivity contribution in [1.82, 2.24) is 0 Å². The Morgan fingerprint density at radius 3 is 2.60 bits per heavy atom. The van der Waals surface area contributed by atoms with Gasteiger partial charge >= 0.3 is 5.97 Å². The fourth-order valence-corrected chi connectivity index (χ4v) is 2.93. The van der Waals surface area contributed by atoms with Crippen molar-refractivity contribution in [3.05, 3.63) is 71.2 Å². The lowest BCUT2D eigenvalue weighted by Gasteiger charge is -2.18. The molecule has 5 heteroatoms. The summed E-state index contributed by atoms with van der Waals surface area (Å²) in [5.74, 6) is 0.0682. The highest BCUT2D eigenvalue weighted by molar-refractivity contribution is 6.30. The summed E-state index contributed by atoms with van der Waals surface area (Å²) in [6, 6.07) is 18.4. The van der Waals surface area contributed by atoms with Crippen LogP contribution in [0.3, 0.4) is 0 Å². The Kier molecular flexibility index (Phi) is 5.10. The van der Waals surface area contributed by atoms with Crippen LogP contribution in [0.15, 0.2) is 60.7 Å². The Labute approximate surface area is 150 Å². The molecule has 1 unspecified atom stereocenters. The number of rotatable bonds is 6. The molecule has 0 aromatic heterocycles. The minimum atomic E-state index is -1.06. The Morgan fingerprint density at radius 1 is 1.08 bits per heavy atom. The number of ether oxygens (including phenoxy) is 2. The largest absolute Gasteiger partial charge is 0.496 e. The number of hydrogen-bond acceptors (Lipinski definition) is 3. The molecule has 3 rings (SSSR count). The van der Waals surface area contributed by atoms with E-state index in [-0.39, 0.29) is 6.42 Å². The van der Waals surface area contributed by atoms with E-state index >= 15 is 0 Å². The molecule has 0 amide bonds. The number of halogens is 1. The molecule has 0 saturated carbocycles. The molecular weight excluding hydrogens is 340 g/mol. The lowest BCUT2D eigenvalue weighted by Crippen LogP contribution is -2.29. The third kappa shape index (κ3) is 3.86. The monoisotopic (exact) mass is 356 g/mol. The smallest absolute Gasteiger partial charge is 0.345 e. The van der Waals surface area contributed by atoms with E-state index in [0.29, 0.717) is 22.1 Å². The lowest BCUT2D eigenvalue weighted by molar-refractivity contribution is -0.144. The van der Waals surface area contributed by atoms with Crippen LogP contribution in [0.25, 0.3) is 10.8 Å². The number of carbonyl (C=O) groups is 1. The normalized spacial score (nSPS) is 11.9. The highest BCUT2D eigenvalue weighted by Crippen LogP contribution is 2.29. The molecule has 25 heavy (non-hydrogen) atoms. The summed E-state index contributed by atoms with van der Waals surface area (Å²) in [7, 11) is 1.54. The molecular formula is C20H17ClO4. The molecule has 0 aliphatic carbocycles. The van der Waals surface area contributed by atoms with Gasteiger partial charge < -0.3 is 14.6 Å². The molecule has 0 aliphatic heterocycles. The van der Waals surface area contributed by atoms with E-state index in [1.807, 2.05) is 36.4 Å². The molecule has 1 atom stereocenters. The molecule has 0 aliphatic rings. The van der Waals surface area contributed by atoms with Gasteiger partial charge in [0.2, 0.25) is 0 Å². The molecule has 3 aromatic rings. The first kappa shape index (κ1) is 17.1. The lowest BCUT2D eigenvalue weighted by atomic mass is 10.1. The van der Waals surface area contributed by atoms with Crippen molar-refractivity contribution in [3.63, 3.8) is 0 Å². The number of hydrogen-bond donors (Lipinski definition) is 1. The summed E-state index contributed by atoms with van der Waals surface area (Å²) < 4.78 is 11.1. The highest BCUT2D eigenvalue weighted by atomic mass is 35.5. The van der Waals surface area contributed by atoms with E-state index in [1.54, 1.807) is 24.3 Å². The Bertz CT molecular complexity index is 902. The molecule has 0 fully saturated rings. The van der Waals surface area contributed by atoms with Gasteiger partial charge in [-0.2, -0.15) is 0 Å². The minimum Gasteiger partial charge on any atom is -0.496 e. The Morgan fingerprint density at radius 2 is 1.84 bits per heavy atom. The average molecular weight is 357 g/mol. The number of benzene rings is 3. The molecule has 0 saturated heterocycles. The van der Waals surface area contributed by atoms with Gasteiger partial charge in [-0.3, -0.25) is 0 Å². The molecule has 3 aromatic carbocycles. The van der Waals surface area contributed by atoms with Crippen molar-refractivity contribution < 1.29 is 19.4 Å². The SMILES string of the molecule is COc1ccc(Cl)cc1CC(Oc1cccc2ccccc12)C(=O)O. The van der Waals surface area contributed by atoms with Crippen LogP contribution in [0.2, 0.25) is 5.02 Å². The van der Waals surface area contributed by atoms with E-state index in [0.717, 1.165) is 10.8 Å². The standard InChI is InChI=1S/C20H17ClO4/c1-24-17-10-9-15(21)11-14(17)12-19(20(22)23)25-18-8-4-6-13-5-2-3-7-16(13)18/h2-11,19H,12H2,1H3,(H,22,23). The molecule has 128 valence electrons. The maximum absolute atomic E-state index is 11.7. The van der Waals surface area contributed by atoms with Crippen LogP contribution >= 0.6 is 11.6 Å². The summed E-state index contributed by atoms with van der Waals surface area (Å²) in [5.41, 5.74) is 0.683. The predicted octanol–water partition coefficient (Wildman–Crippen LogP) is 4.58. The van der Waals surface area contributed by atoms with Crippen molar-refractivity contribution in [2.45, 2.75) is 12.5 Å². The third-order valence-corrected chi connectivity index (χ3v) is 4.18. The van der Waals surface area contributed by atoms with Crippen molar-refractivity contribution in [2.24, 2.45) is 0 Å². The van der Waals surface area contributed by atoms with Crippen molar-refractivity contribution in [1.29, 1.82) is 0 Å². The highest BCUT2D eigenvalue weighted by Gasteiger charge is 2.23. The molecule has 0 heterocycles. The van der Waals surface area contributed by atoms with Crippen LogP contribution < -0.4 is 9.47 Å². The fraction of sp³-hybridized carbons (Fsp3) is 0.150. The average Bonchev–Trinajstić information content (AvgIpc) is 2.61. The Balaban J connectivity index is 1.92. The molecule has 1 N–H and O–H groups in total. The van der Waals surface area contributed by atoms with Gasteiger partial charge in [0.25, 0.3) is 0 Å². The maximum atomic E-state index is 11.7. The van der Waals surface area contributed by atoms with Crippen LogP contribution in [0.4, 0.5) is 0 Å². The number of carboxylic acid groups (broad SMARTS) is 1. The van der Waals surface area contributed by atoms with E-state index in [1.165, 1.54) is 7.11 Å². The van der Waals surface area contributed by atoms with Gasteiger partial charge in [0, 0.05) is 16.8 Å². The van der Waals surface area contributed by atoms with Gasteiger partial charge in [-0.1, -0.05) is 48.0 Å². The zero-order valence-corrected chi connectivity index (χ0v) is 14.4. The summed E-state index contributed by atoms with van der Waals surface area (Å²) in [6.07, 6.45) is -0.916. The van der Waals surface area contributed by atoms with Crippen molar-refractivity contribution in [2.75, 3.05) is 7.11 Å². The topological polar surface area (TPSA) is 55.8 Å². The van der Waals surface area contributed by atoms with E-state index in [4.69, 9.17) is 21.1 Å². The van der Waals surface area contributed by atoms with E-state index in [9.17, 15) is 9.90 Å². The van der Waals surface area contributed by atoms with Crippen LogP contribution in [0.5, 0.6) is 11.5 Å². The minimum absolute atomic E-state index is 0.141. The Hall–Kier alpha value is -2.72. The van der Waals surface area contributed by atoms with Crippen LogP contribution in [-0.2, 0) is 11.2 Å². The molecule has 0 spiro atoms. The molecule has 4 nitrogen and oxygen atoms in total. The van der Waals surface area contributed by atoms with Crippen LogP contribution in [0.1, 0.15) is 5.56 Å². The van der Waals surface area contributed by atoms with Gasteiger partial charge in [-0.05, 0) is 35.2 Å². The van der Waals surface area contributed by atoms with Gasteiger partial charge in [-0.25, -0.2) is 4.79 Å². The first-order valence-electron chi connectivity index (χ1n) is 7.78.